The van der Waals surface area contributed by atoms with Crippen LogP contribution in [0.25, 0.3) is 0 Å². The van der Waals surface area contributed by atoms with Gasteiger partial charge in [-0.15, -0.1) is 0 Å². The zero-order valence-electron chi connectivity index (χ0n) is 13.4. The minimum Gasteiger partial charge on any atom is -0.492 e. The van der Waals surface area contributed by atoms with Crippen molar-refractivity contribution in [3.63, 3.8) is 0 Å². The lowest BCUT2D eigenvalue weighted by molar-refractivity contribution is -0.117. The van der Waals surface area contributed by atoms with Crippen molar-refractivity contribution in [2.45, 2.75) is 6.92 Å². The molecule has 0 saturated carbocycles. The van der Waals surface area contributed by atoms with Crippen molar-refractivity contribution < 1.29 is 9.53 Å². The van der Waals surface area contributed by atoms with E-state index in [1.54, 1.807) is 0 Å². The molecular formula is C18H21BrN2O2. The van der Waals surface area contributed by atoms with Crippen LogP contribution < -0.4 is 10.1 Å². The van der Waals surface area contributed by atoms with E-state index in [2.05, 4.69) is 21.2 Å². The maximum atomic E-state index is 12.0. The van der Waals surface area contributed by atoms with Crippen LogP contribution in [0.2, 0.25) is 0 Å². The molecule has 0 atom stereocenters. The van der Waals surface area contributed by atoms with Gasteiger partial charge in [-0.3, -0.25) is 9.69 Å². The zero-order chi connectivity index (χ0) is 16.7. The van der Waals surface area contributed by atoms with Crippen LogP contribution in [0.1, 0.15) is 5.56 Å². The molecule has 5 heteroatoms. The summed E-state index contributed by atoms with van der Waals surface area (Å²) in [6.45, 7) is 3.52. The molecule has 0 fully saturated rings. The standard InChI is InChI=1S/C18H21BrN2O2/c1-14-5-3-4-6-17(14)20-18(22)13-21(2)11-12-23-16-9-7-15(19)8-10-16/h3-10H,11-13H2,1-2H3,(H,20,22). The highest BCUT2D eigenvalue weighted by Gasteiger charge is 2.08. The lowest BCUT2D eigenvalue weighted by Gasteiger charge is -2.17. The molecule has 122 valence electrons. The van der Waals surface area contributed by atoms with E-state index in [1.807, 2.05) is 67.4 Å². The Labute approximate surface area is 145 Å². The predicted molar refractivity (Wildman–Crippen MR) is 96.9 cm³/mol. The van der Waals surface area contributed by atoms with E-state index in [-0.39, 0.29) is 5.91 Å². The summed E-state index contributed by atoms with van der Waals surface area (Å²) in [4.78, 5) is 14.0. The molecule has 23 heavy (non-hydrogen) atoms. The van der Waals surface area contributed by atoms with Gasteiger partial charge in [0.05, 0.1) is 6.54 Å². The van der Waals surface area contributed by atoms with Crippen LogP contribution in [0.4, 0.5) is 5.69 Å². The second-order valence-corrected chi connectivity index (χ2v) is 6.32. The minimum absolute atomic E-state index is 0.0227. The normalized spacial score (nSPS) is 10.6. The Bertz CT molecular complexity index is 644. The molecule has 0 heterocycles. The molecule has 0 bridgehead atoms. The molecule has 1 amide bonds. The summed E-state index contributed by atoms with van der Waals surface area (Å²) in [5.41, 5.74) is 1.92. The number of likely N-dealkylation sites (N-methyl/N-ethyl adjacent to an activating group) is 1. The number of carbonyl (C=O) groups is 1. The Morgan fingerprint density at radius 1 is 1.17 bits per heavy atom. The predicted octanol–water partition coefficient (Wildman–Crippen LogP) is 3.71. The monoisotopic (exact) mass is 376 g/mol. The molecule has 0 radical (unpaired) electrons. The number of aryl methyl sites for hydroxylation is 1. The summed E-state index contributed by atoms with van der Waals surface area (Å²) in [7, 11) is 1.91. The number of nitrogens with one attached hydrogen (secondary N) is 1. The van der Waals surface area contributed by atoms with Crippen LogP contribution in [0.5, 0.6) is 5.75 Å². The first-order valence-electron chi connectivity index (χ1n) is 7.47. The van der Waals surface area contributed by atoms with Crippen LogP contribution in [-0.2, 0) is 4.79 Å². The number of benzene rings is 2. The Hall–Kier alpha value is -1.85. The molecule has 1 N–H and O–H groups in total. The minimum atomic E-state index is -0.0227. The fourth-order valence-electron chi connectivity index (χ4n) is 2.08. The van der Waals surface area contributed by atoms with E-state index in [4.69, 9.17) is 4.74 Å². The maximum Gasteiger partial charge on any atom is 0.238 e. The Balaban J connectivity index is 1.71. The molecule has 0 aliphatic carbocycles. The van der Waals surface area contributed by atoms with E-state index in [9.17, 15) is 4.79 Å². The number of amides is 1. The number of ether oxygens (including phenoxy) is 1. The second-order valence-electron chi connectivity index (χ2n) is 5.40. The van der Waals surface area contributed by atoms with Gasteiger partial charge in [-0.1, -0.05) is 34.1 Å². The SMILES string of the molecule is Cc1ccccc1NC(=O)CN(C)CCOc1ccc(Br)cc1. The second kappa shape index (κ2) is 8.70. The highest BCUT2D eigenvalue weighted by Crippen LogP contribution is 2.16. The number of hydrogen-bond donors (Lipinski definition) is 1. The number of nitrogens with zero attached hydrogens (tertiary/aromatic N) is 1. The van der Waals surface area contributed by atoms with Gasteiger partial charge in [0.1, 0.15) is 12.4 Å². The average molecular weight is 377 g/mol. The van der Waals surface area contributed by atoms with Crippen molar-refractivity contribution in [3.8, 4) is 5.75 Å². The van der Waals surface area contributed by atoms with Gasteiger partial charge in [0.25, 0.3) is 0 Å². The van der Waals surface area contributed by atoms with Crippen LogP contribution in [0.3, 0.4) is 0 Å². The van der Waals surface area contributed by atoms with Crippen molar-refractivity contribution in [2.75, 3.05) is 32.1 Å². The number of hydrogen-bond acceptors (Lipinski definition) is 3. The number of rotatable bonds is 7. The molecule has 0 aliphatic rings. The molecule has 0 aliphatic heterocycles. The fourth-order valence-corrected chi connectivity index (χ4v) is 2.34. The topological polar surface area (TPSA) is 41.6 Å². The smallest absolute Gasteiger partial charge is 0.238 e. The van der Waals surface area contributed by atoms with E-state index in [0.717, 1.165) is 21.5 Å². The van der Waals surface area contributed by atoms with Crippen LogP contribution in [-0.4, -0.2) is 37.6 Å². The van der Waals surface area contributed by atoms with Gasteiger partial charge in [0.15, 0.2) is 0 Å². The van der Waals surface area contributed by atoms with Crippen LogP contribution in [0, 0.1) is 6.92 Å². The fraction of sp³-hybridized carbons (Fsp3) is 0.278. The first-order chi connectivity index (χ1) is 11.0. The van der Waals surface area contributed by atoms with Gasteiger partial charge < -0.3 is 10.1 Å². The molecule has 2 aromatic rings. The summed E-state index contributed by atoms with van der Waals surface area (Å²) in [6, 6.07) is 15.5. The third-order valence-corrected chi connectivity index (χ3v) is 3.92. The van der Waals surface area contributed by atoms with Gasteiger partial charge in [0.2, 0.25) is 5.91 Å². The highest BCUT2D eigenvalue weighted by atomic mass is 79.9. The van der Waals surface area contributed by atoms with Crippen molar-refractivity contribution in [1.29, 1.82) is 0 Å². The summed E-state index contributed by atoms with van der Waals surface area (Å²) >= 11 is 3.39. The number of halogens is 1. The van der Waals surface area contributed by atoms with Gasteiger partial charge in [-0.25, -0.2) is 0 Å². The van der Waals surface area contributed by atoms with Gasteiger partial charge in [0, 0.05) is 16.7 Å². The molecule has 0 saturated heterocycles. The van der Waals surface area contributed by atoms with Crippen LogP contribution >= 0.6 is 15.9 Å². The Morgan fingerprint density at radius 2 is 1.87 bits per heavy atom. The third-order valence-electron chi connectivity index (χ3n) is 3.39. The Kier molecular flexibility index (Phi) is 6.62. The third kappa shape index (κ3) is 6.04. The van der Waals surface area contributed by atoms with Crippen molar-refractivity contribution in [3.05, 3.63) is 58.6 Å². The van der Waals surface area contributed by atoms with Gasteiger partial charge >= 0.3 is 0 Å². The average Bonchev–Trinajstić information content (AvgIpc) is 2.51. The number of carbonyl (C=O) groups excluding carboxylic acids is 1. The molecule has 0 aromatic heterocycles. The number of anilines is 1. The van der Waals surface area contributed by atoms with Gasteiger partial charge in [-0.2, -0.15) is 0 Å². The summed E-state index contributed by atoms with van der Waals surface area (Å²) in [6.07, 6.45) is 0. The number of para-hydroxylation sites is 1. The molecule has 4 nitrogen and oxygen atoms in total. The zero-order valence-corrected chi connectivity index (χ0v) is 15.0. The summed E-state index contributed by atoms with van der Waals surface area (Å²) < 4.78 is 6.68. The quantitative estimate of drug-likeness (QED) is 0.800. The molecule has 0 spiro atoms. The highest BCUT2D eigenvalue weighted by molar-refractivity contribution is 9.10. The molecule has 0 unspecified atom stereocenters. The Morgan fingerprint density at radius 3 is 2.57 bits per heavy atom. The first kappa shape index (κ1) is 17.5. The van der Waals surface area contributed by atoms with Crippen molar-refractivity contribution in [2.24, 2.45) is 0 Å². The molecular weight excluding hydrogens is 356 g/mol. The van der Waals surface area contributed by atoms with E-state index in [0.29, 0.717) is 19.7 Å². The summed E-state index contributed by atoms with van der Waals surface area (Å²) in [5.74, 6) is 0.802. The molecule has 2 aromatic carbocycles. The lowest BCUT2D eigenvalue weighted by Crippen LogP contribution is -2.33. The van der Waals surface area contributed by atoms with Crippen molar-refractivity contribution in [1.82, 2.24) is 4.90 Å². The first-order valence-corrected chi connectivity index (χ1v) is 8.26. The van der Waals surface area contributed by atoms with E-state index in [1.165, 1.54) is 0 Å². The van der Waals surface area contributed by atoms with E-state index < -0.39 is 0 Å². The largest absolute Gasteiger partial charge is 0.492 e. The summed E-state index contributed by atoms with van der Waals surface area (Å²) in [5, 5.41) is 2.93. The molecule has 2 rings (SSSR count). The lowest BCUT2D eigenvalue weighted by atomic mass is 10.2. The van der Waals surface area contributed by atoms with Crippen molar-refractivity contribution >= 4 is 27.5 Å². The maximum absolute atomic E-state index is 12.0. The van der Waals surface area contributed by atoms with Crippen LogP contribution in [0.15, 0.2) is 53.0 Å². The van der Waals surface area contributed by atoms with Gasteiger partial charge in [-0.05, 0) is 49.9 Å². The van der Waals surface area contributed by atoms with E-state index >= 15 is 0 Å².